The third-order valence-electron chi connectivity index (χ3n) is 1.85. The van der Waals surface area contributed by atoms with E-state index in [1.165, 1.54) is 12.4 Å². The second-order valence-corrected chi connectivity index (χ2v) is 3.16. The van der Waals surface area contributed by atoms with Crippen molar-refractivity contribution in [3.63, 3.8) is 0 Å². The second kappa shape index (κ2) is 3.70. The maximum atomic E-state index is 10.6. The van der Waals surface area contributed by atoms with Crippen molar-refractivity contribution < 1.29 is 9.90 Å². The van der Waals surface area contributed by atoms with Gasteiger partial charge in [0.2, 0.25) is 0 Å². The van der Waals surface area contributed by atoms with Gasteiger partial charge in [-0.2, -0.15) is 9.78 Å². The van der Waals surface area contributed by atoms with E-state index in [0.717, 1.165) is 4.68 Å². The molecule has 15 heavy (non-hydrogen) atoms. The summed E-state index contributed by atoms with van der Waals surface area (Å²) in [5.74, 6) is 0. The highest BCUT2D eigenvalue weighted by molar-refractivity contribution is 6.32. The first-order valence-electron chi connectivity index (χ1n) is 4.07. The van der Waals surface area contributed by atoms with E-state index in [4.69, 9.17) is 16.7 Å². The summed E-state index contributed by atoms with van der Waals surface area (Å²) in [5, 5.41) is 12.7. The van der Waals surface area contributed by atoms with Crippen molar-refractivity contribution in [2.45, 2.75) is 0 Å². The van der Waals surface area contributed by atoms with Crippen LogP contribution in [0.1, 0.15) is 0 Å². The summed E-state index contributed by atoms with van der Waals surface area (Å²) in [4.78, 5) is 14.5. The Bertz CT molecular complexity index is 510. The van der Waals surface area contributed by atoms with Crippen LogP contribution < -0.4 is 0 Å². The molecule has 0 spiro atoms. The average molecular weight is 224 g/mol. The fourth-order valence-corrected chi connectivity index (χ4v) is 1.40. The fourth-order valence-electron chi connectivity index (χ4n) is 1.17. The number of pyridine rings is 1. The van der Waals surface area contributed by atoms with E-state index >= 15 is 0 Å². The fraction of sp³-hybridized carbons (Fsp3) is 0. The lowest BCUT2D eigenvalue weighted by molar-refractivity contribution is 0.192. The van der Waals surface area contributed by atoms with Gasteiger partial charge in [-0.15, -0.1) is 0 Å². The molecule has 0 fully saturated rings. The molecular weight excluding hydrogens is 218 g/mol. The molecule has 76 valence electrons. The Morgan fingerprint density at radius 1 is 1.53 bits per heavy atom. The molecule has 0 aliphatic carbocycles. The van der Waals surface area contributed by atoms with Crippen LogP contribution in [0.15, 0.2) is 30.7 Å². The van der Waals surface area contributed by atoms with E-state index in [1.807, 2.05) is 0 Å². The summed E-state index contributed by atoms with van der Waals surface area (Å²) in [6.45, 7) is 0. The van der Waals surface area contributed by atoms with Crippen LogP contribution in [-0.2, 0) is 0 Å². The van der Waals surface area contributed by atoms with Gasteiger partial charge in [0.1, 0.15) is 5.15 Å². The van der Waals surface area contributed by atoms with Crippen molar-refractivity contribution in [2.75, 3.05) is 0 Å². The molecular formula is C9H6ClN3O2. The molecule has 0 atom stereocenters. The first-order valence-corrected chi connectivity index (χ1v) is 4.45. The molecule has 5 nitrogen and oxygen atoms in total. The predicted molar refractivity (Wildman–Crippen MR) is 53.9 cm³/mol. The summed E-state index contributed by atoms with van der Waals surface area (Å²) in [6.07, 6.45) is 3.23. The van der Waals surface area contributed by atoms with Crippen molar-refractivity contribution in [3.05, 3.63) is 35.9 Å². The SMILES string of the molecule is O=C(O)n1cc(-c2cccnc2Cl)cn1. The zero-order valence-electron chi connectivity index (χ0n) is 7.46. The van der Waals surface area contributed by atoms with Crippen LogP contribution in [0.3, 0.4) is 0 Å². The van der Waals surface area contributed by atoms with Gasteiger partial charge < -0.3 is 5.11 Å². The van der Waals surface area contributed by atoms with Crippen molar-refractivity contribution in [1.82, 2.24) is 14.8 Å². The molecule has 0 aliphatic rings. The molecule has 0 amide bonds. The number of carbonyl (C=O) groups is 1. The highest BCUT2D eigenvalue weighted by Gasteiger charge is 2.08. The lowest BCUT2D eigenvalue weighted by Gasteiger charge is -1.97. The molecule has 1 N–H and O–H groups in total. The van der Waals surface area contributed by atoms with Crippen LogP contribution in [-0.4, -0.2) is 26.0 Å². The van der Waals surface area contributed by atoms with Gasteiger partial charge in [0.05, 0.1) is 6.20 Å². The van der Waals surface area contributed by atoms with Gasteiger partial charge in [0.15, 0.2) is 0 Å². The minimum absolute atomic E-state index is 0.322. The largest absolute Gasteiger partial charge is 0.463 e. The monoisotopic (exact) mass is 223 g/mol. The molecule has 0 aromatic carbocycles. The molecule has 0 unspecified atom stereocenters. The van der Waals surface area contributed by atoms with Gasteiger partial charge in [-0.25, -0.2) is 9.78 Å². The molecule has 0 aliphatic heterocycles. The average Bonchev–Trinajstić information content (AvgIpc) is 2.67. The predicted octanol–water partition coefficient (Wildman–Crippen LogP) is 2.12. The normalized spacial score (nSPS) is 10.2. The minimum Gasteiger partial charge on any atom is -0.463 e. The van der Waals surface area contributed by atoms with E-state index in [0.29, 0.717) is 16.3 Å². The van der Waals surface area contributed by atoms with Gasteiger partial charge in [0, 0.05) is 23.5 Å². The van der Waals surface area contributed by atoms with Crippen molar-refractivity contribution in [2.24, 2.45) is 0 Å². The number of aromatic nitrogens is 3. The van der Waals surface area contributed by atoms with Crippen molar-refractivity contribution in [3.8, 4) is 11.1 Å². The highest BCUT2D eigenvalue weighted by Crippen LogP contribution is 2.24. The zero-order chi connectivity index (χ0) is 10.8. The summed E-state index contributed by atoms with van der Waals surface area (Å²) < 4.78 is 0.818. The minimum atomic E-state index is -1.14. The number of hydrogen-bond donors (Lipinski definition) is 1. The lowest BCUT2D eigenvalue weighted by atomic mass is 10.2. The summed E-state index contributed by atoms with van der Waals surface area (Å²) in [7, 11) is 0. The van der Waals surface area contributed by atoms with Crippen molar-refractivity contribution in [1.29, 1.82) is 0 Å². The zero-order valence-corrected chi connectivity index (χ0v) is 8.22. The maximum absolute atomic E-state index is 10.6. The molecule has 2 aromatic rings. The van der Waals surface area contributed by atoms with Gasteiger partial charge in [0.25, 0.3) is 0 Å². The number of nitrogens with zero attached hydrogens (tertiary/aromatic N) is 3. The first-order chi connectivity index (χ1) is 7.18. The Morgan fingerprint density at radius 3 is 2.93 bits per heavy atom. The molecule has 2 aromatic heterocycles. The molecule has 6 heteroatoms. The van der Waals surface area contributed by atoms with Crippen LogP contribution in [0.2, 0.25) is 5.15 Å². The summed E-state index contributed by atoms with van der Waals surface area (Å²) in [5.41, 5.74) is 1.28. The van der Waals surface area contributed by atoms with Gasteiger partial charge in [-0.05, 0) is 12.1 Å². The molecule has 0 saturated heterocycles. The van der Waals surface area contributed by atoms with E-state index in [9.17, 15) is 4.79 Å². The van der Waals surface area contributed by atoms with E-state index in [1.54, 1.807) is 18.3 Å². The van der Waals surface area contributed by atoms with Gasteiger partial charge in [-0.3, -0.25) is 0 Å². The Balaban J connectivity index is 2.46. The molecule has 0 radical (unpaired) electrons. The van der Waals surface area contributed by atoms with Crippen LogP contribution in [0.25, 0.3) is 11.1 Å². The molecule has 2 rings (SSSR count). The topological polar surface area (TPSA) is 68.0 Å². The molecule has 0 saturated carbocycles. The number of carboxylic acid groups (broad SMARTS) is 1. The maximum Gasteiger partial charge on any atom is 0.432 e. The number of hydrogen-bond acceptors (Lipinski definition) is 3. The highest BCUT2D eigenvalue weighted by atomic mass is 35.5. The van der Waals surface area contributed by atoms with E-state index in [2.05, 4.69) is 10.1 Å². The van der Waals surface area contributed by atoms with Crippen LogP contribution in [0, 0.1) is 0 Å². The van der Waals surface area contributed by atoms with Crippen molar-refractivity contribution >= 4 is 17.7 Å². The Hall–Kier alpha value is -1.88. The third-order valence-corrected chi connectivity index (χ3v) is 2.15. The smallest absolute Gasteiger partial charge is 0.432 e. The van der Waals surface area contributed by atoms with Crippen LogP contribution in [0.5, 0.6) is 0 Å². The Labute approximate surface area is 89.9 Å². The van der Waals surface area contributed by atoms with Crippen LogP contribution >= 0.6 is 11.6 Å². The van der Waals surface area contributed by atoms with E-state index in [-0.39, 0.29) is 0 Å². The molecule has 0 bridgehead atoms. The van der Waals surface area contributed by atoms with Gasteiger partial charge in [-0.1, -0.05) is 11.6 Å². The third kappa shape index (κ3) is 1.82. The Kier molecular flexibility index (Phi) is 2.39. The quantitative estimate of drug-likeness (QED) is 0.752. The second-order valence-electron chi connectivity index (χ2n) is 2.80. The van der Waals surface area contributed by atoms with Crippen LogP contribution in [0.4, 0.5) is 4.79 Å². The van der Waals surface area contributed by atoms with E-state index < -0.39 is 6.09 Å². The lowest BCUT2D eigenvalue weighted by Crippen LogP contribution is -2.07. The number of rotatable bonds is 1. The summed E-state index contributed by atoms with van der Waals surface area (Å²) >= 11 is 5.85. The number of halogens is 1. The summed E-state index contributed by atoms with van der Waals surface area (Å²) in [6, 6.07) is 3.47. The van der Waals surface area contributed by atoms with Gasteiger partial charge >= 0.3 is 6.09 Å². The standard InChI is InChI=1S/C9H6ClN3O2/c10-8-7(2-1-3-11-8)6-4-12-13(5-6)9(14)15/h1-5H,(H,14,15). The first kappa shape index (κ1) is 9.67. The Morgan fingerprint density at radius 2 is 2.33 bits per heavy atom. The molecule has 2 heterocycles.